The summed E-state index contributed by atoms with van der Waals surface area (Å²) in [6, 6.07) is 4.14. The van der Waals surface area contributed by atoms with E-state index in [1.165, 1.54) is 0 Å². The molecule has 2 atom stereocenters. The molecular formula is C8H10O. The molecule has 0 unspecified atom stereocenters. The molecule has 0 radical (unpaired) electrons. The Hall–Kier alpha value is -0.720. The summed E-state index contributed by atoms with van der Waals surface area (Å²) in [7, 11) is 0. The van der Waals surface area contributed by atoms with Crippen molar-refractivity contribution < 1.29 is 4.42 Å². The highest BCUT2D eigenvalue weighted by atomic mass is 16.3. The molecule has 0 amide bonds. The first-order valence-corrected chi connectivity index (χ1v) is 3.38. The van der Waals surface area contributed by atoms with Crippen LogP contribution in [0.5, 0.6) is 0 Å². The average molecular weight is 122 g/mol. The first-order chi connectivity index (χ1) is 4.29. The Labute approximate surface area is 54.7 Å². The maximum absolute atomic E-state index is 5.42. The molecule has 1 aliphatic rings. The standard InChI is InChI=1S/C8H10O/c1-5-6(2)8-4-3-7(5)9-8/h3-6H,1-2H3/t5-,6+. The van der Waals surface area contributed by atoms with E-state index < -0.39 is 0 Å². The highest BCUT2D eigenvalue weighted by molar-refractivity contribution is 5.24. The van der Waals surface area contributed by atoms with Crippen molar-refractivity contribution in [2.75, 3.05) is 0 Å². The van der Waals surface area contributed by atoms with Crippen LogP contribution in [-0.4, -0.2) is 0 Å². The predicted molar refractivity (Wildman–Crippen MR) is 35.5 cm³/mol. The van der Waals surface area contributed by atoms with Gasteiger partial charge in [0.15, 0.2) is 0 Å². The summed E-state index contributed by atoms with van der Waals surface area (Å²) in [5, 5.41) is 0. The molecule has 1 heteroatoms. The van der Waals surface area contributed by atoms with E-state index in [0.717, 1.165) is 11.5 Å². The summed E-state index contributed by atoms with van der Waals surface area (Å²) in [6.45, 7) is 4.41. The van der Waals surface area contributed by atoms with E-state index in [-0.39, 0.29) is 0 Å². The third kappa shape index (κ3) is 0.493. The topological polar surface area (TPSA) is 13.1 Å². The highest BCUT2D eigenvalue weighted by Gasteiger charge is 2.28. The Morgan fingerprint density at radius 2 is 1.56 bits per heavy atom. The molecule has 1 aliphatic heterocycles. The van der Waals surface area contributed by atoms with Gasteiger partial charge < -0.3 is 4.42 Å². The second-order valence-corrected chi connectivity index (χ2v) is 2.82. The van der Waals surface area contributed by atoms with Crippen LogP contribution in [0, 0.1) is 0 Å². The molecule has 2 heterocycles. The summed E-state index contributed by atoms with van der Waals surface area (Å²) < 4.78 is 5.42. The van der Waals surface area contributed by atoms with Gasteiger partial charge in [0.2, 0.25) is 0 Å². The van der Waals surface area contributed by atoms with Gasteiger partial charge in [0.1, 0.15) is 11.5 Å². The van der Waals surface area contributed by atoms with Crippen LogP contribution in [0.1, 0.15) is 37.2 Å². The smallest absolute Gasteiger partial charge is 0.107 e. The van der Waals surface area contributed by atoms with E-state index in [1.54, 1.807) is 0 Å². The average Bonchev–Trinajstić information content (AvgIpc) is 2.37. The molecule has 0 aliphatic carbocycles. The number of furan rings is 1. The molecule has 1 aromatic rings. The second-order valence-electron chi connectivity index (χ2n) is 2.82. The van der Waals surface area contributed by atoms with E-state index in [9.17, 15) is 0 Å². The monoisotopic (exact) mass is 122 g/mol. The van der Waals surface area contributed by atoms with Crippen LogP contribution in [0.3, 0.4) is 0 Å². The van der Waals surface area contributed by atoms with Crippen molar-refractivity contribution in [2.24, 2.45) is 0 Å². The molecule has 2 rings (SSSR count). The van der Waals surface area contributed by atoms with E-state index in [1.807, 2.05) is 0 Å². The fourth-order valence-corrected chi connectivity index (χ4v) is 1.35. The maximum atomic E-state index is 5.42. The Morgan fingerprint density at radius 3 is 1.78 bits per heavy atom. The van der Waals surface area contributed by atoms with Crippen LogP contribution in [-0.2, 0) is 0 Å². The second kappa shape index (κ2) is 1.41. The number of rotatable bonds is 0. The zero-order valence-electron chi connectivity index (χ0n) is 5.72. The molecule has 2 bridgehead atoms. The van der Waals surface area contributed by atoms with E-state index >= 15 is 0 Å². The maximum Gasteiger partial charge on any atom is 0.107 e. The van der Waals surface area contributed by atoms with Crippen molar-refractivity contribution in [3.8, 4) is 0 Å². The van der Waals surface area contributed by atoms with Gasteiger partial charge in [-0.3, -0.25) is 0 Å². The van der Waals surface area contributed by atoms with Gasteiger partial charge in [-0.25, -0.2) is 0 Å². The summed E-state index contributed by atoms with van der Waals surface area (Å²) in [4.78, 5) is 0. The fourth-order valence-electron chi connectivity index (χ4n) is 1.35. The lowest BCUT2D eigenvalue weighted by Crippen LogP contribution is -1.97. The van der Waals surface area contributed by atoms with E-state index in [0.29, 0.717) is 11.8 Å². The SMILES string of the molecule is C[C@@H]1c2ccc(o2)[C@@H]1C. The van der Waals surface area contributed by atoms with Gasteiger partial charge in [-0.15, -0.1) is 0 Å². The molecule has 0 saturated heterocycles. The van der Waals surface area contributed by atoms with Gasteiger partial charge in [0, 0.05) is 11.8 Å². The minimum absolute atomic E-state index is 0.616. The van der Waals surface area contributed by atoms with Crippen LogP contribution in [0.2, 0.25) is 0 Å². The normalized spacial score (nSPS) is 31.3. The number of hydrogen-bond acceptors (Lipinski definition) is 1. The van der Waals surface area contributed by atoms with Crippen LogP contribution in [0.4, 0.5) is 0 Å². The number of fused-ring (bicyclic) bond motifs is 2. The lowest BCUT2D eigenvalue weighted by molar-refractivity contribution is 0.527. The minimum atomic E-state index is 0.616. The third-order valence-corrected chi connectivity index (χ3v) is 2.30. The lowest BCUT2D eigenvalue weighted by Gasteiger charge is -2.08. The zero-order valence-corrected chi connectivity index (χ0v) is 5.72. The zero-order chi connectivity index (χ0) is 6.43. The van der Waals surface area contributed by atoms with Crippen molar-refractivity contribution in [1.29, 1.82) is 0 Å². The highest BCUT2D eigenvalue weighted by Crippen LogP contribution is 2.40. The fraction of sp³-hybridized carbons (Fsp3) is 0.500. The Balaban J connectivity index is 2.52. The van der Waals surface area contributed by atoms with Gasteiger partial charge >= 0.3 is 0 Å². The minimum Gasteiger partial charge on any atom is -0.465 e. The van der Waals surface area contributed by atoms with Crippen molar-refractivity contribution in [1.82, 2.24) is 0 Å². The summed E-state index contributed by atoms with van der Waals surface area (Å²) in [5.41, 5.74) is 0. The van der Waals surface area contributed by atoms with Crippen LogP contribution in [0.15, 0.2) is 16.5 Å². The van der Waals surface area contributed by atoms with Crippen LogP contribution < -0.4 is 0 Å². The molecular weight excluding hydrogens is 112 g/mol. The first kappa shape index (κ1) is 5.10. The van der Waals surface area contributed by atoms with E-state index in [4.69, 9.17) is 4.42 Å². The molecule has 48 valence electrons. The molecule has 1 nitrogen and oxygen atoms in total. The summed E-state index contributed by atoms with van der Waals surface area (Å²) in [6.07, 6.45) is 0. The van der Waals surface area contributed by atoms with Crippen molar-refractivity contribution in [3.05, 3.63) is 23.7 Å². The molecule has 0 aromatic carbocycles. The van der Waals surface area contributed by atoms with Crippen LogP contribution >= 0.6 is 0 Å². The molecule has 1 aromatic heterocycles. The largest absolute Gasteiger partial charge is 0.465 e. The predicted octanol–water partition coefficient (Wildman–Crippen LogP) is 2.50. The lowest BCUT2D eigenvalue weighted by atomic mass is 9.91. The van der Waals surface area contributed by atoms with Crippen molar-refractivity contribution in [3.63, 3.8) is 0 Å². The van der Waals surface area contributed by atoms with E-state index in [2.05, 4.69) is 26.0 Å². The van der Waals surface area contributed by atoms with Gasteiger partial charge in [-0.1, -0.05) is 13.8 Å². The third-order valence-electron chi connectivity index (χ3n) is 2.30. The Morgan fingerprint density at radius 1 is 1.11 bits per heavy atom. The molecule has 9 heavy (non-hydrogen) atoms. The van der Waals surface area contributed by atoms with Gasteiger partial charge in [-0.05, 0) is 12.1 Å². The van der Waals surface area contributed by atoms with Gasteiger partial charge in [-0.2, -0.15) is 0 Å². The Bertz CT molecular complexity index is 202. The Kier molecular flexibility index (Phi) is 0.797. The number of hydrogen-bond donors (Lipinski definition) is 0. The molecule has 0 saturated carbocycles. The van der Waals surface area contributed by atoms with Gasteiger partial charge in [0.25, 0.3) is 0 Å². The van der Waals surface area contributed by atoms with Crippen molar-refractivity contribution in [2.45, 2.75) is 25.7 Å². The van der Waals surface area contributed by atoms with Crippen molar-refractivity contribution >= 4 is 0 Å². The summed E-state index contributed by atoms with van der Waals surface area (Å²) >= 11 is 0. The molecule has 0 fully saturated rings. The quantitative estimate of drug-likeness (QED) is 0.515. The first-order valence-electron chi connectivity index (χ1n) is 3.38. The van der Waals surface area contributed by atoms with Crippen LogP contribution in [0.25, 0.3) is 0 Å². The molecule has 0 spiro atoms. The van der Waals surface area contributed by atoms with Gasteiger partial charge in [0.05, 0.1) is 0 Å². The molecule has 0 N–H and O–H groups in total. The summed E-state index contributed by atoms with van der Waals surface area (Å²) in [5.74, 6) is 3.53.